The SMILES string of the molecule is CCc1cc(F)c(-c2ncnc3cc(N4CCOCC4)ccc23)cc1C(O)c1ccc(OC)nn1. The van der Waals surface area contributed by atoms with Crippen LogP contribution < -0.4 is 9.64 Å². The lowest BCUT2D eigenvalue weighted by atomic mass is 9.93. The van der Waals surface area contributed by atoms with E-state index in [2.05, 4.69) is 25.1 Å². The van der Waals surface area contributed by atoms with Crippen molar-refractivity contribution in [3.05, 3.63) is 71.4 Å². The van der Waals surface area contributed by atoms with Crippen LogP contribution in [0.25, 0.3) is 22.2 Å². The van der Waals surface area contributed by atoms with Gasteiger partial charge in [0.15, 0.2) is 0 Å². The van der Waals surface area contributed by atoms with Gasteiger partial charge in [-0.1, -0.05) is 6.92 Å². The minimum absolute atomic E-state index is 0.296. The zero-order valence-electron chi connectivity index (χ0n) is 19.6. The largest absolute Gasteiger partial charge is 0.480 e. The van der Waals surface area contributed by atoms with E-state index in [4.69, 9.17) is 9.47 Å². The summed E-state index contributed by atoms with van der Waals surface area (Å²) in [5.74, 6) is -0.0590. The second kappa shape index (κ2) is 9.89. The van der Waals surface area contributed by atoms with Crippen molar-refractivity contribution in [3.8, 4) is 17.1 Å². The number of halogens is 1. The Morgan fingerprint density at radius 2 is 1.91 bits per heavy atom. The molecule has 1 aliphatic rings. The number of rotatable bonds is 6. The Hall–Kier alpha value is -3.69. The maximum absolute atomic E-state index is 15.4. The maximum atomic E-state index is 15.4. The number of anilines is 1. The highest BCUT2D eigenvalue weighted by atomic mass is 19.1. The van der Waals surface area contributed by atoms with Gasteiger partial charge >= 0.3 is 0 Å². The Balaban J connectivity index is 1.57. The van der Waals surface area contributed by atoms with Crippen molar-refractivity contribution in [2.75, 3.05) is 38.3 Å². The van der Waals surface area contributed by atoms with Crippen LogP contribution in [0.15, 0.2) is 48.8 Å². The number of nitrogens with zero attached hydrogens (tertiary/aromatic N) is 5. The number of morpholine rings is 1. The fourth-order valence-electron chi connectivity index (χ4n) is 4.40. The van der Waals surface area contributed by atoms with Gasteiger partial charge in [-0.3, -0.25) is 0 Å². The molecule has 2 aromatic heterocycles. The zero-order chi connectivity index (χ0) is 24.4. The van der Waals surface area contributed by atoms with E-state index in [0.717, 1.165) is 29.7 Å². The lowest BCUT2D eigenvalue weighted by molar-refractivity contribution is 0.122. The second-order valence-electron chi connectivity index (χ2n) is 8.31. The number of hydrogen-bond donors (Lipinski definition) is 1. The number of ether oxygens (including phenoxy) is 2. The van der Waals surface area contributed by atoms with Gasteiger partial charge in [0, 0.05) is 35.8 Å². The third kappa shape index (κ3) is 4.52. The van der Waals surface area contributed by atoms with E-state index in [1.807, 2.05) is 25.1 Å². The standard InChI is InChI=1S/C26H26FN5O3/c1-3-16-12-21(27)20(14-19(16)26(33)22-6-7-24(34-2)31-30-22)25-18-5-4-17(13-23(18)28-15-29-25)32-8-10-35-11-9-32/h4-7,12-15,26,33H,3,8-11H2,1-2H3. The highest BCUT2D eigenvalue weighted by molar-refractivity contribution is 5.94. The first-order chi connectivity index (χ1) is 17.1. The number of aliphatic hydroxyl groups is 1. The van der Waals surface area contributed by atoms with Gasteiger partial charge in [0.2, 0.25) is 5.88 Å². The molecule has 2 aromatic carbocycles. The first-order valence-corrected chi connectivity index (χ1v) is 11.5. The van der Waals surface area contributed by atoms with Gasteiger partial charge in [-0.05, 0) is 53.9 Å². The van der Waals surface area contributed by atoms with Gasteiger partial charge in [0.1, 0.15) is 18.2 Å². The quantitative estimate of drug-likeness (QED) is 0.451. The van der Waals surface area contributed by atoms with E-state index in [9.17, 15) is 5.11 Å². The molecule has 1 N–H and O–H groups in total. The fraction of sp³-hybridized carbons (Fsp3) is 0.308. The Kier molecular flexibility index (Phi) is 6.52. The number of fused-ring (bicyclic) bond motifs is 1. The molecule has 1 unspecified atom stereocenters. The average molecular weight is 476 g/mol. The Morgan fingerprint density at radius 1 is 1.09 bits per heavy atom. The van der Waals surface area contributed by atoms with E-state index < -0.39 is 11.9 Å². The number of hydrogen-bond acceptors (Lipinski definition) is 8. The van der Waals surface area contributed by atoms with Crippen LogP contribution in [0.3, 0.4) is 0 Å². The molecule has 0 amide bonds. The predicted molar refractivity (Wildman–Crippen MR) is 130 cm³/mol. The van der Waals surface area contributed by atoms with E-state index in [1.165, 1.54) is 19.5 Å². The highest BCUT2D eigenvalue weighted by Gasteiger charge is 2.22. The van der Waals surface area contributed by atoms with Crippen molar-refractivity contribution in [2.45, 2.75) is 19.4 Å². The molecule has 1 aliphatic heterocycles. The van der Waals surface area contributed by atoms with Crippen molar-refractivity contribution < 1.29 is 19.0 Å². The van der Waals surface area contributed by atoms with E-state index >= 15 is 4.39 Å². The second-order valence-corrected chi connectivity index (χ2v) is 8.31. The third-order valence-corrected chi connectivity index (χ3v) is 6.31. The van der Waals surface area contributed by atoms with Gasteiger partial charge in [0.05, 0.1) is 37.2 Å². The minimum Gasteiger partial charge on any atom is -0.480 e. The Labute approximate surface area is 202 Å². The molecule has 35 heavy (non-hydrogen) atoms. The molecule has 1 atom stereocenters. The number of aryl methyl sites for hydroxylation is 1. The summed E-state index contributed by atoms with van der Waals surface area (Å²) in [7, 11) is 1.50. The van der Waals surface area contributed by atoms with Crippen LogP contribution >= 0.6 is 0 Å². The van der Waals surface area contributed by atoms with Gasteiger partial charge in [-0.25, -0.2) is 14.4 Å². The van der Waals surface area contributed by atoms with Crippen molar-refractivity contribution in [3.63, 3.8) is 0 Å². The van der Waals surface area contributed by atoms with Crippen LogP contribution in [0.2, 0.25) is 0 Å². The molecule has 180 valence electrons. The molecule has 0 spiro atoms. The first-order valence-electron chi connectivity index (χ1n) is 11.5. The molecule has 4 aromatic rings. The molecule has 0 saturated carbocycles. The van der Waals surface area contributed by atoms with Crippen molar-refractivity contribution in [1.82, 2.24) is 20.2 Å². The molecule has 3 heterocycles. The van der Waals surface area contributed by atoms with Gasteiger partial charge in [0.25, 0.3) is 0 Å². The number of methoxy groups -OCH3 is 1. The fourth-order valence-corrected chi connectivity index (χ4v) is 4.40. The summed E-state index contributed by atoms with van der Waals surface area (Å²) in [5, 5.41) is 19.9. The average Bonchev–Trinajstić information content (AvgIpc) is 2.92. The summed E-state index contributed by atoms with van der Waals surface area (Å²) < 4.78 is 25.9. The lowest BCUT2D eigenvalue weighted by Gasteiger charge is -2.29. The molecule has 0 aliphatic carbocycles. The van der Waals surface area contributed by atoms with Gasteiger partial charge < -0.3 is 19.5 Å². The topological polar surface area (TPSA) is 93.5 Å². The smallest absolute Gasteiger partial charge is 0.233 e. The highest BCUT2D eigenvalue weighted by Crippen LogP contribution is 2.34. The van der Waals surface area contributed by atoms with Crippen LogP contribution in [-0.2, 0) is 11.2 Å². The van der Waals surface area contributed by atoms with E-state index in [1.54, 1.807) is 18.2 Å². The minimum atomic E-state index is -1.08. The van der Waals surface area contributed by atoms with Crippen LogP contribution in [0.5, 0.6) is 5.88 Å². The summed E-state index contributed by atoms with van der Waals surface area (Å²) in [6, 6.07) is 12.3. The summed E-state index contributed by atoms with van der Waals surface area (Å²) >= 11 is 0. The zero-order valence-corrected chi connectivity index (χ0v) is 19.6. The van der Waals surface area contributed by atoms with Crippen molar-refractivity contribution in [2.24, 2.45) is 0 Å². The Bertz CT molecular complexity index is 1340. The van der Waals surface area contributed by atoms with E-state index in [-0.39, 0.29) is 0 Å². The number of aromatic nitrogens is 4. The third-order valence-electron chi connectivity index (χ3n) is 6.31. The summed E-state index contributed by atoms with van der Waals surface area (Å²) in [5.41, 5.74) is 4.12. The molecular formula is C26H26FN5O3. The summed E-state index contributed by atoms with van der Waals surface area (Å²) in [6.45, 7) is 4.91. The van der Waals surface area contributed by atoms with Crippen LogP contribution in [0, 0.1) is 5.82 Å². The number of benzene rings is 2. The Morgan fingerprint density at radius 3 is 2.63 bits per heavy atom. The summed E-state index contributed by atoms with van der Waals surface area (Å²) in [6.07, 6.45) is 0.906. The van der Waals surface area contributed by atoms with Gasteiger partial charge in [-0.2, -0.15) is 0 Å². The molecule has 0 bridgehead atoms. The molecule has 5 rings (SSSR count). The van der Waals surface area contributed by atoms with Crippen LogP contribution in [0.4, 0.5) is 10.1 Å². The molecule has 0 radical (unpaired) electrons. The normalized spacial score (nSPS) is 14.8. The van der Waals surface area contributed by atoms with E-state index in [0.29, 0.717) is 53.6 Å². The summed E-state index contributed by atoms with van der Waals surface area (Å²) in [4.78, 5) is 11.1. The van der Waals surface area contributed by atoms with Crippen molar-refractivity contribution in [1.29, 1.82) is 0 Å². The van der Waals surface area contributed by atoms with Crippen LogP contribution in [-0.4, -0.2) is 58.7 Å². The first kappa shape index (κ1) is 23.1. The predicted octanol–water partition coefficient (Wildman–Crippen LogP) is 3.72. The maximum Gasteiger partial charge on any atom is 0.233 e. The molecular weight excluding hydrogens is 449 g/mol. The molecule has 8 nitrogen and oxygen atoms in total. The lowest BCUT2D eigenvalue weighted by Crippen LogP contribution is -2.36. The molecule has 1 fully saturated rings. The number of aliphatic hydroxyl groups excluding tert-OH is 1. The monoisotopic (exact) mass is 475 g/mol. The van der Waals surface area contributed by atoms with Crippen LogP contribution in [0.1, 0.15) is 29.8 Å². The van der Waals surface area contributed by atoms with Gasteiger partial charge in [-0.15, -0.1) is 10.2 Å². The molecule has 1 saturated heterocycles. The molecule has 9 heteroatoms. The van der Waals surface area contributed by atoms with Crippen molar-refractivity contribution >= 4 is 16.6 Å².